The van der Waals surface area contributed by atoms with Gasteiger partial charge in [-0.1, -0.05) is 67.2 Å². The Labute approximate surface area is 177 Å². The van der Waals surface area contributed by atoms with E-state index in [0.717, 1.165) is 38.8 Å². The van der Waals surface area contributed by atoms with Crippen LogP contribution in [-0.4, -0.2) is 54.9 Å². The van der Waals surface area contributed by atoms with E-state index >= 15 is 0 Å². The maximum Gasteiger partial charge on any atom is 0.0538 e. The van der Waals surface area contributed by atoms with Crippen LogP contribution in [0.3, 0.4) is 0 Å². The van der Waals surface area contributed by atoms with Crippen LogP contribution in [0.2, 0.25) is 0 Å². The molecule has 172 valence electrons. The molecule has 0 aliphatic carbocycles. The Hall–Kier alpha value is -0.160. The summed E-state index contributed by atoms with van der Waals surface area (Å²) in [6, 6.07) is 0. The van der Waals surface area contributed by atoms with Crippen LogP contribution in [0.5, 0.6) is 0 Å². The smallest absolute Gasteiger partial charge is 0.0538 e. The van der Waals surface area contributed by atoms with Crippen molar-refractivity contribution in [1.29, 1.82) is 0 Å². The summed E-state index contributed by atoms with van der Waals surface area (Å²) in [7, 11) is 7.05. The molecule has 0 aliphatic heterocycles. The maximum atomic E-state index is 5.33. The van der Waals surface area contributed by atoms with Gasteiger partial charge in [0.2, 0.25) is 0 Å². The molecule has 0 spiro atoms. The largest absolute Gasteiger partial charge is 0.384 e. The fourth-order valence-electron chi connectivity index (χ4n) is 4.34. The molecule has 0 aliphatic rings. The standard InChI is InChI=1S/C14H30O2.C10H22O2/c1-6-8-9-13(7-2)10-14(3,11-15-4)12-16-5;1-9(2)6-10(3,7-11-4)8-12-5/h13H,6-12H2,1-5H3;9H,6-8H2,1-5H3. The summed E-state index contributed by atoms with van der Waals surface area (Å²) in [5.41, 5.74) is 0.357. The molecule has 0 aromatic carbocycles. The first-order valence-corrected chi connectivity index (χ1v) is 11.1. The first kappa shape index (κ1) is 30.0. The van der Waals surface area contributed by atoms with Gasteiger partial charge in [-0.05, 0) is 24.7 Å². The van der Waals surface area contributed by atoms with Crippen LogP contribution < -0.4 is 0 Å². The molecule has 0 aromatic heterocycles. The van der Waals surface area contributed by atoms with E-state index in [-0.39, 0.29) is 10.8 Å². The quantitative estimate of drug-likeness (QED) is 0.306. The lowest BCUT2D eigenvalue weighted by Crippen LogP contribution is -2.30. The molecule has 0 aromatic rings. The maximum absolute atomic E-state index is 5.33. The molecule has 1 atom stereocenters. The Bertz CT molecular complexity index is 319. The Kier molecular flexibility index (Phi) is 19.0. The second kappa shape index (κ2) is 17.7. The summed E-state index contributed by atoms with van der Waals surface area (Å²) in [5, 5.41) is 0. The van der Waals surface area contributed by atoms with Crippen LogP contribution >= 0.6 is 0 Å². The topological polar surface area (TPSA) is 36.9 Å². The van der Waals surface area contributed by atoms with Crippen molar-refractivity contribution in [3.05, 3.63) is 0 Å². The van der Waals surface area contributed by atoms with Gasteiger partial charge in [-0.25, -0.2) is 0 Å². The molecule has 4 heteroatoms. The van der Waals surface area contributed by atoms with E-state index in [2.05, 4.69) is 41.5 Å². The predicted molar refractivity (Wildman–Crippen MR) is 121 cm³/mol. The molecule has 0 saturated carbocycles. The lowest BCUT2D eigenvalue weighted by atomic mass is 9.79. The second-order valence-electron chi connectivity index (χ2n) is 9.57. The minimum atomic E-state index is 0.178. The highest BCUT2D eigenvalue weighted by atomic mass is 16.5. The number of hydrogen-bond donors (Lipinski definition) is 0. The SMILES string of the molecule is CCCCC(CC)CC(C)(COC)COC.COCC(C)(COC)CC(C)C. The van der Waals surface area contributed by atoms with Crippen LogP contribution in [0.25, 0.3) is 0 Å². The zero-order valence-electron chi connectivity index (χ0n) is 20.9. The normalized spacial score (nSPS) is 13.4. The Morgan fingerprint density at radius 2 is 1.07 bits per heavy atom. The molecule has 0 saturated heterocycles. The highest BCUT2D eigenvalue weighted by Crippen LogP contribution is 2.31. The van der Waals surface area contributed by atoms with Crippen LogP contribution in [0, 0.1) is 22.7 Å². The molecular weight excluding hydrogens is 352 g/mol. The van der Waals surface area contributed by atoms with Gasteiger partial charge in [0, 0.05) is 39.3 Å². The average Bonchev–Trinajstić information content (AvgIpc) is 2.59. The molecule has 0 rings (SSSR count). The molecule has 4 nitrogen and oxygen atoms in total. The zero-order valence-corrected chi connectivity index (χ0v) is 20.9. The van der Waals surface area contributed by atoms with Crippen molar-refractivity contribution in [2.45, 2.75) is 80.1 Å². The van der Waals surface area contributed by atoms with Crippen molar-refractivity contribution in [3.63, 3.8) is 0 Å². The van der Waals surface area contributed by atoms with E-state index in [4.69, 9.17) is 18.9 Å². The number of ether oxygens (including phenoxy) is 4. The van der Waals surface area contributed by atoms with E-state index in [9.17, 15) is 0 Å². The van der Waals surface area contributed by atoms with Crippen molar-refractivity contribution < 1.29 is 18.9 Å². The fraction of sp³-hybridized carbons (Fsp3) is 1.00. The van der Waals surface area contributed by atoms with Crippen LogP contribution in [0.1, 0.15) is 80.1 Å². The van der Waals surface area contributed by atoms with E-state index in [1.54, 1.807) is 28.4 Å². The molecule has 0 N–H and O–H groups in total. The highest BCUT2D eigenvalue weighted by Gasteiger charge is 2.27. The van der Waals surface area contributed by atoms with E-state index in [0.29, 0.717) is 5.92 Å². The summed E-state index contributed by atoms with van der Waals surface area (Å²) in [5.74, 6) is 1.51. The number of methoxy groups -OCH3 is 4. The van der Waals surface area contributed by atoms with Gasteiger partial charge in [-0.2, -0.15) is 0 Å². The fourth-order valence-corrected chi connectivity index (χ4v) is 4.34. The summed E-state index contributed by atoms with van der Waals surface area (Å²) in [6.07, 6.45) is 7.61. The van der Waals surface area contributed by atoms with Gasteiger partial charge in [0.15, 0.2) is 0 Å². The molecule has 28 heavy (non-hydrogen) atoms. The Morgan fingerprint density at radius 1 is 0.679 bits per heavy atom. The first-order chi connectivity index (χ1) is 13.2. The highest BCUT2D eigenvalue weighted by molar-refractivity contribution is 4.77. The molecule has 0 amide bonds. The van der Waals surface area contributed by atoms with Crippen molar-refractivity contribution in [3.8, 4) is 0 Å². The average molecular weight is 405 g/mol. The van der Waals surface area contributed by atoms with Crippen LogP contribution in [0.4, 0.5) is 0 Å². The Morgan fingerprint density at radius 3 is 1.36 bits per heavy atom. The second-order valence-corrected chi connectivity index (χ2v) is 9.57. The molecule has 0 bridgehead atoms. The van der Waals surface area contributed by atoms with Crippen LogP contribution in [-0.2, 0) is 18.9 Å². The van der Waals surface area contributed by atoms with Gasteiger partial charge in [0.1, 0.15) is 0 Å². The third-order valence-corrected chi connectivity index (χ3v) is 5.20. The summed E-state index contributed by atoms with van der Waals surface area (Å²) >= 11 is 0. The van der Waals surface area contributed by atoms with E-state index in [1.165, 1.54) is 32.1 Å². The minimum absolute atomic E-state index is 0.178. The number of unbranched alkanes of at least 4 members (excludes halogenated alkanes) is 1. The van der Waals surface area contributed by atoms with Crippen molar-refractivity contribution in [1.82, 2.24) is 0 Å². The third kappa shape index (κ3) is 15.7. The van der Waals surface area contributed by atoms with E-state index < -0.39 is 0 Å². The molecule has 1 unspecified atom stereocenters. The molecular formula is C24H52O4. The monoisotopic (exact) mass is 404 g/mol. The van der Waals surface area contributed by atoms with Crippen molar-refractivity contribution >= 4 is 0 Å². The van der Waals surface area contributed by atoms with Gasteiger partial charge >= 0.3 is 0 Å². The van der Waals surface area contributed by atoms with Crippen LogP contribution in [0.15, 0.2) is 0 Å². The van der Waals surface area contributed by atoms with Gasteiger partial charge in [0.25, 0.3) is 0 Å². The molecule has 0 heterocycles. The zero-order chi connectivity index (χ0) is 22.1. The van der Waals surface area contributed by atoms with Crippen molar-refractivity contribution in [2.75, 3.05) is 54.9 Å². The summed E-state index contributed by atoms with van der Waals surface area (Å²) in [4.78, 5) is 0. The molecule has 0 fully saturated rings. The molecule has 0 radical (unpaired) electrons. The first-order valence-electron chi connectivity index (χ1n) is 11.1. The number of rotatable bonds is 16. The van der Waals surface area contributed by atoms with Gasteiger partial charge < -0.3 is 18.9 Å². The number of hydrogen-bond acceptors (Lipinski definition) is 4. The predicted octanol–water partition coefficient (Wildman–Crippen LogP) is 6.22. The third-order valence-electron chi connectivity index (χ3n) is 5.20. The lowest BCUT2D eigenvalue weighted by Gasteiger charge is -2.32. The van der Waals surface area contributed by atoms with E-state index in [1.807, 2.05) is 0 Å². The van der Waals surface area contributed by atoms with Gasteiger partial charge in [0.05, 0.1) is 26.4 Å². The Balaban J connectivity index is 0. The van der Waals surface area contributed by atoms with Crippen molar-refractivity contribution in [2.24, 2.45) is 22.7 Å². The van der Waals surface area contributed by atoms with Gasteiger partial charge in [-0.15, -0.1) is 0 Å². The summed E-state index contributed by atoms with van der Waals surface area (Å²) in [6.45, 7) is 16.6. The summed E-state index contributed by atoms with van der Waals surface area (Å²) < 4.78 is 21.0. The van der Waals surface area contributed by atoms with Gasteiger partial charge in [-0.3, -0.25) is 0 Å². The minimum Gasteiger partial charge on any atom is -0.384 e. The lowest BCUT2D eigenvalue weighted by molar-refractivity contribution is 0.00505.